The van der Waals surface area contributed by atoms with Gasteiger partial charge in [0.1, 0.15) is 29.8 Å². The van der Waals surface area contributed by atoms with Crippen molar-refractivity contribution in [3.05, 3.63) is 76.8 Å². The van der Waals surface area contributed by atoms with Crippen LogP contribution in [0.3, 0.4) is 0 Å². The van der Waals surface area contributed by atoms with Crippen LogP contribution in [0.4, 0.5) is 17.5 Å². The lowest BCUT2D eigenvalue weighted by atomic mass is 10.2. The predicted molar refractivity (Wildman–Crippen MR) is 112 cm³/mol. The Morgan fingerprint density at radius 2 is 1.81 bits per heavy atom. The van der Waals surface area contributed by atoms with Crippen LogP contribution in [0, 0.1) is 0 Å². The van der Waals surface area contributed by atoms with Crippen LogP contribution >= 0.6 is 0 Å². The van der Waals surface area contributed by atoms with Crippen molar-refractivity contribution in [2.24, 2.45) is 0 Å². The van der Waals surface area contributed by atoms with E-state index in [-0.39, 0.29) is 24.8 Å². The van der Waals surface area contributed by atoms with Gasteiger partial charge in [-0.05, 0) is 30.3 Å². The van der Waals surface area contributed by atoms with Crippen LogP contribution in [0.25, 0.3) is 0 Å². The predicted octanol–water partition coefficient (Wildman–Crippen LogP) is 1.27. The number of hydrogen-bond acceptors (Lipinski definition) is 8. The Balaban J connectivity index is 1.45. The first-order chi connectivity index (χ1) is 15.0. The first kappa shape index (κ1) is 20.7. The zero-order chi connectivity index (χ0) is 21.8. The topological polar surface area (TPSA) is 139 Å². The number of nitrogens with zero attached hydrogens (tertiary/aromatic N) is 3. The van der Waals surface area contributed by atoms with Crippen molar-refractivity contribution in [3.63, 3.8) is 0 Å². The van der Waals surface area contributed by atoms with Gasteiger partial charge in [0, 0.05) is 18.2 Å². The Hall–Kier alpha value is -3.60. The second-order valence-corrected chi connectivity index (χ2v) is 6.97. The number of nitrogens with one attached hydrogen (secondary N) is 2. The van der Waals surface area contributed by atoms with Gasteiger partial charge >= 0.3 is 5.69 Å². The van der Waals surface area contributed by atoms with Crippen LogP contribution in [0.2, 0.25) is 0 Å². The summed E-state index contributed by atoms with van der Waals surface area (Å²) in [7, 11) is 0. The van der Waals surface area contributed by atoms with E-state index < -0.39 is 24.1 Å². The molecule has 31 heavy (non-hydrogen) atoms. The molecule has 0 unspecified atom stereocenters. The Kier molecular flexibility index (Phi) is 6.03. The zero-order valence-electron chi connectivity index (χ0n) is 16.4. The van der Waals surface area contributed by atoms with Crippen molar-refractivity contribution in [1.82, 2.24) is 14.5 Å². The van der Waals surface area contributed by atoms with Crippen molar-refractivity contribution >= 4 is 23.4 Å². The maximum Gasteiger partial charge on any atom is 0.351 e. The zero-order valence-corrected chi connectivity index (χ0v) is 16.4. The standard InChI is InChI=1S/C21H21N5O5/c27-12-15-14(28)11-19(31-15)26-10-9-18(25-21(26)30)23-16-7-4-8-17(22-16)24-20(29)13-5-2-1-3-6-13/h1-10,14-15,19,27-28H,11-12H2,(H2,22,23,24,25,29,30)/t14-,15+,19+/m0/s1. The Labute approximate surface area is 177 Å². The quantitative estimate of drug-likeness (QED) is 0.465. The summed E-state index contributed by atoms with van der Waals surface area (Å²) in [6, 6.07) is 15.4. The van der Waals surface area contributed by atoms with Crippen LogP contribution in [0.5, 0.6) is 0 Å². The highest BCUT2D eigenvalue weighted by Gasteiger charge is 2.34. The van der Waals surface area contributed by atoms with E-state index in [0.29, 0.717) is 17.2 Å². The van der Waals surface area contributed by atoms with E-state index in [1.54, 1.807) is 48.5 Å². The fourth-order valence-electron chi connectivity index (χ4n) is 3.23. The molecule has 10 heteroatoms. The highest BCUT2D eigenvalue weighted by Crippen LogP contribution is 2.27. The first-order valence-electron chi connectivity index (χ1n) is 9.67. The molecule has 1 saturated heterocycles. The average molecular weight is 423 g/mol. The molecule has 1 fully saturated rings. The molecule has 2 aromatic heterocycles. The number of aliphatic hydroxyl groups excluding tert-OH is 2. The van der Waals surface area contributed by atoms with Crippen LogP contribution in [-0.2, 0) is 4.74 Å². The summed E-state index contributed by atoms with van der Waals surface area (Å²) in [5, 5.41) is 24.7. The third-order valence-corrected chi connectivity index (χ3v) is 4.81. The summed E-state index contributed by atoms with van der Waals surface area (Å²) in [5.74, 6) is 0.711. The minimum atomic E-state index is -0.849. The number of aromatic nitrogens is 3. The smallest absolute Gasteiger partial charge is 0.351 e. The monoisotopic (exact) mass is 423 g/mol. The third kappa shape index (κ3) is 4.77. The van der Waals surface area contributed by atoms with E-state index in [4.69, 9.17) is 4.74 Å². The summed E-state index contributed by atoms with van der Waals surface area (Å²) >= 11 is 0. The molecule has 1 amide bonds. The molecule has 160 valence electrons. The summed E-state index contributed by atoms with van der Waals surface area (Å²) < 4.78 is 6.74. The molecule has 1 aliphatic heterocycles. The highest BCUT2D eigenvalue weighted by molar-refractivity contribution is 6.03. The molecule has 1 aliphatic rings. The molecule has 10 nitrogen and oxygen atoms in total. The second-order valence-electron chi connectivity index (χ2n) is 6.97. The Bertz CT molecular complexity index is 1120. The normalized spacial score (nSPS) is 20.4. The lowest BCUT2D eigenvalue weighted by molar-refractivity contribution is -0.0458. The number of pyridine rings is 1. The molecule has 0 saturated carbocycles. The van der Waals surface area contributed by atoms with E-state index in [2.05, 4.69) is 20.6 Å². The van der Waals surface area contributed by atoms with Gasteiger partial charge < -0.3 is 25.6 Å². The molecular weight excluding hydrogens is 402 g/mol. The number of carbonyl (C=O) groups is 1. The van der Waals surface area contributed by atoms with Crippen molar-refractivity contribution in [2.75, 3.05) is 17.2 Å². The van der Waals surface area contributed by atoms with Crippen LogP contribution in [0.1, 0.15) is 23.0 Å². The molecule has 3 atom stereocenters. The van der Waals surface area contributed by atoms with E-state index in [1.807, 2.05) is 6.07 Å². The SMILES string of the molecule is O=C(Nc1cccc(Nc2ccn([C@H]3C[C@H](O)[C@@H](CO)O3)c(=O)n2)n1)c1ccccc1. The Morgan fingerprint density at radius 1 is 1.06 bits per heavy atom. The van der Waals surface area contributed by atoms with Crippen LogP contribution in [0.15, 0.2) is 65.6 Å². The summed E-state index contributed by atoms with van der Waals surface area (Å²) in [6.45, 7) is -0.331. The van der Waals surface area contributed by atoms with E-state index in [1.165, 1.54) is 10.8 Å². The molecule has 0 spiro atoms. The fourth-order valence-corrected chi connectivity index (χ4v) is 3.23. The molecule has 4 rings (SSSR count). The maximum atomic E-state index is 12.4. The molecule has 4 N–H and O–H groups in total. The molecule has 1 aromatic carbocycles. The molecule has 3 aromatic rings. The van der Waals surface area contributed by atoms with E-state index in [9.17, 15) is 19.8 Å². The molecule has 0 aliphatic carbocycles. The first-order valence-corrected chi connectivity index (χ1v) is 9.67. The van der Waals surface area contributed by atoms with Gasteiger partial charge in [0.05, 0.1) is 12.7 Å². The van der Waals surface area contributed by atoms with E-state index in [0.717, 1.165) is 0 Å². The average Bonchev–Trinajstić information content (AvgIpc) is 3.15. The van der Waals surface area contributed by atoms with Crippen molar-refractivity contribution in [3.8, 4) is 0 Å². The number of benzene rings is 1. The lowest BCUT2D eigenvalue weighted by Gasteiger charge is -2.14. The number of aliphatic hydroxyl groups is 2. The Morgan fingerprint density at radius 3 is 2.52 bits per heavy atom. The maximum absolute atomic E-state index is 12.4. The van der Waals surface area contributed by atoms with E-state index >= 15 is 0 Å². The number of ether oxygens (including phenoxy) is 1. The minimum Gasteiger partial charge on any atom is -0.394 e. The van der Waals surface area contributed by atoms with Gasteiger partial charge in [-0.2, -0.15) is 4.98 Å². The molecule has 0 radical (unpaired) electrons. The number of hydrogen-bond donors (Lipinski definition) is 4. The number of anilines is 3. The molecule has 3 heterocycles. The molecular formula is C21H21N5O5. The van der Waals surface area contributed by atoms with Gasteiger partial charge in [0.15, 0.2) is 0 Å². The number of amides is 1. The van der Waals surface area contributed by atoms with Gasteiger partial charge in [-0.25, -0.2) is 9.78 Å². The lowest BCUT2D eigenvalue weighted by Crippen LogP contribution is -2.27. The summed E-state index contributed by atoms with van der Waals surface area (Å²) in [4.78, 5) is 33.0. The fraction of sp³-hybridized carbons (Fsp3) is 0.238. The van der Waals surface area contributed by atoms with Gasteiger partial charge in [-0.15, -0.1) is 0 Å². The van der Waals surface area contributed by atoms with Crippen molar-refractivity contribution in [1.29, 1.82) is 0 Å². The largest absolute Gasteiger partial charge is 0.394 e. The van der Waals surface area contributed by atoms with Gasteiger partial charge in [0.2, 0.25) is 0 Å². The second kappa shape index (κ2) is 9.04. The number of rotatable bonds is 6. The van der Waals surface area contributed by atoms with Crippen molar-refractivity contribution < 1.29 is 19.7 Å². The van der Waals surface area contributed by atoms with Gasteiger partial charge in [0.25, 0.3) is 5.91 Å². The van der Waals surface area contributed by atoms with Crippen LogP contribution in [-0.4, -0.2) is 49.5 Å². The minimum absolute atomic E-state index is 0.185. The van der Waals surface area contributed by atoms with Gasteiger partial charge in [-0.1, -0.05) is 24.3 Å². The van der Waals surface area contributed by atoms with Gasteiger partial charge in [-0.3, -0.25) is 9.36 Å². The van der Waals surface area contributed by atoms with Crippen molar-refractivity contribution in [2.45, 2.75) is 24.9 Å². The number of carbonyl (C=O) groups excluding carboxylic acids is 1. The molecule has 0 bridgehead atoms. The van der Waals surface area contributed by atoms with Crippen LogP contribution < -0.4 is 16.3 Å². The highest BCUT2D eigenvalue weighted by atomic mass is 16.5. The third-order valence-electron chi connectivity index (χ3n) is 4.81. The summed E-state index contributed by atoms with van der Waals surface area (Å²) in [5.41, 5.74) is -0.0649. The summed E-state index contributed by atoms with van der Waals surface area (Å²) in [6.07, 6.45) is -0.596.